The summed E-state index contributed by atoms with van der Waals surface area (Å²) < 4.78 is 5.27. The summed E-state index contributed by atoms with van der Waals surface area (Å²) >= 11 is 0. The second-order valence-electron chi connectivity index (χ2n) is 6.28. The van der Waals surface area contributed by atoms with Crippen molar-refractivity contribution in [1.29, 1.82) is 0 Å². The second kappa shape index (κ2) is 7.74. The maximum Gasteiger partial charge on any atom is 0.491 e. The number of aromatic nitrogens is 2. The van der Waals surface area contributed by atoms with Crippen LogP contribution in [0.5, 0.6) is 0 Å². The van der Waals surface area contributed by atoms with Gasteiger partial charge >= 0.3 is 13.2 Å². The van der Waals surface area contributed by atoms with Crippen molar-refractivity contribution >= 4 is 18.7 Å². The molecule has 0 spiro atoms. The van der Waals surface area contributed by atoms with Crippen molar-refractivity contribution in [2.24, 2.45) is 0 Å². The van der Waals surface area contributed by atoms with Gasteiger partial charge in [-0.25, -0.2) is 14.8 Å². The van der Waals surface area contributed by atoms with E-state index in [0.29, 0.717) is 5.82 Å². The molecule has 1 aliphatic carbocycles. The Kier molecular flexibility index (Phi) is 6.52. The molecule has 23 heavy (non-hydrogen) atoms. The van der Waals surface area contributed by atoms with Gasteiger partial charge in [0.05, 0.1) is 0 Å². The molecule has 1 fully saturated rings. The van der Waals surface area contributed by atoms with Crippen LogP contribution in [-0.4, -0.2) is 38.8 Å². The van der Waals surface area contributed by atoms with Crippen molar-refractivity contribution in [2.75, 3.05) is 0 Å². The highest BCUT2D eigenvalue weighted by atomic mass is 16.6. The third-order valence-corrected chi connectivity index (χ3v) is 3.35. The number of carbonyl (C=O) groups is 1. The number of ether oxygens (including phenoxy) is 1. The van der Waals surface area contributed by atoms with Crippen LogP contribution in [0, 0.1) is 0 Å². The van der Waals surface area contributed by atoms with Crippen LogP contribution in [0.3, 0.4) is 0 Å². The fourth-order valence-electron chi connectivity index (χ4n) is 2.15. The molecule has 0 bridgehead atoms. The van der Waals surface area contributed by atoms with Crippen LogP contribution in [0.2, 0.25) is 0 Å². The van der Waals surface area contributed by atoms with Crippen LogP contribution in [0.1, 0.15) is 59.7 Å². The van der Waals surface area contributed by atoms with Crippen LogP contribution in [-0.2, 0) is 10.3 Å². The highest BCUT2D eigenvalue weighted by Crippen LogP contribution is 2.39. The fourth-order valence-corrected chi connectivity index (χ4v) is 2.15. The standard InChI is InChI=1S/C13H20BN3O4.C2H6/c1-12(2,3)21-11(18)17-13(5-4-6-13)10-15-7-9(8-16-10)14(19)20;1-2/h7-8,19-20H,4-6H2,1-3H3,(H,17,18);1-2H3. The summed E-state index contributed by atoms with van der Waals surface area (Å²) in [5, 5.41) is 20.9. The van der Waals surface area contributed by atoms with E-state index in [0.717, 1.165) is 19.3 Å². The van der Waals surface area contributed by atoms with E-state index >= 15 is 0 Å². The zero-order valence-corrected chi connectivity index (χ0v) is 14.5. The summed E-state index contributed by atoms with van der Waals surface area (Å²) in [4.78, 5) is 20.2. The van der Waals surface area contributed by atoms with Gasteiger partial charge in [-0.1, -0.05) is 13.8 Å². The van der Waals surface area contributed by atoms with Crippen molar-refractivity contribution in [2.45, 2.75) is 65.0 Å². The summed E-state index contributed by atoms with van der Waals surface area (Å²) in [7, 11) is -1.60. The molecule has 1 saturated carbocycles. The molecule has 0 atom stereocenters. The molecule has 1 heterocycles. The molecular formula is C15H26BN3O4. The molecule has 0 aliphatic heterocycles. The van der Waals surface area contributed by atoms with Crippen LogP contribution >= 0.6 is 0 Å². The molecule has 8 heteroatoms. The first-order valence-electron chi connectivity index (χ1n) is 7.92. The van der Waals surface area contributed by atoms with E-state index in [1.807, 2.05) is 13.8 Å². The summed E-state index contributed by atoms with van der Waals surface area (Å²) in [5.41, 5.74) is -0.979. The minimum atomic E-state index is -1.60. The second-order valence-corrected chi connectivity index (χ2v) is 6.28. The molecule has 0 radical (unpaired) electrons. The lowest BCUT2D eigenvalue weighted by Gasteiger charge is -2.41. The Morgan fingerprint density at radius 2 is 1.78 bits per heavy atom. The van der Waals surface area contributed by atoms with Gasteiger partial charge in [-0.05, 0) is 40.0 Å². The van der Waals surface area contributed by atoms with E-state index in [1.54, 1.807) is 20.8 Å². The molecule has 3 N–H and O–H groups in total. The SMILES string of the molecule is CC.CC(C)(C)OC(=O)NC1(c2ncc(B(O)O)cn2)CCC1. The van der Waals surface area contributed by atoms with Crippen molar-refractivity contribution < 1.29 is 19.6 Å². The summed E-state index contributed by atoms with van der Waals surface area (Å²) in [6.45, 7) is 9.40. The highest BCUT2D eigenvalue weighted by molar-refractivity contribution is 6.58. The van der Waals surface area contributed by atoms with Gasteiger partial charge in [0.25, 0.3) is 0 Å². The van der Waals surface area contributed by atoms with Gasteiger partial charge in [0.15, 0.2) is 5.82 Å². The smallest absolute Gasteiger partial charge is 0.444 e. The summed E-state index contributed by atoms with van der Waals surface area (Å²) in [6, 6.07) is 0. The molecule has 1 amide bonds. The van der Waals surface area contributed by atoms with Crippen molar-refractivity contribution in [3.05, 3.63) is 18.2 Å². The predicted molar refractivity (Wildman–Crippen MR) is 88.1 cm³/mol. The first-order chi connectivity index (χ1) is 10.7. The molecule has 0 saturated heterocycles. The Morgan fingerprint density at radius 3 is 2.13 bits per heavy atom. The summed E-state index contributed by atoms with van der Waals surface area (Å²) in [5.74, 6) is 0.462. The first kappa shape index (κ1) is 19.4. The highest BCUT2D eigenvalue weighted by Gasteiger charge is 2.43. The largest absolute Gasteiger partial charge is 0.491 e. The zero-order chi connectivity index (χ0) is 17.7. The van der Waals surface area contributed by atoms with Gasteiger partial charge in [0.1, 0.15) is 11.1 Å². The van der Waals surface area contributed by atoms with E-state index in [4.69, 9.17) is 14.8 Å². The van der Waals surface area contributed by atoms with E-state index in [1.165, 1.54) is 12.4 Å². The number of nitrogens with zero attached hydrogens (tertiary/aromatic N) is 2. The van der Waals surface area contributed by atoms with Gasteiger partial charge < -0.3 is 20.1 Å². The number of hydrogen-bond acceptors (Lipinski definition) is 6. The van der Waals surface area contributed by atoms with Gasteiger partial charge in [-0.3, -0.25) is 0 Å². The van der Waals surface area contributed by atoms with Crippen LogP contribution < -0.4 is 10.8 Å². The molecule has 1 aliphatic rings. The first-order valence-corrected chi connectivity index (χ1v) is 7.92. The normalized spacial score (nSPS) is 15.6. The van der Waals surface area contributed by atoms with Gasteiger partial charge in [0.2, 0.25) is 0 Å². The van der Waals surface area contributed by atoms with E-state index in [9.17, 15) is 4.79 Å². The number of alkyl carbamates (subject to hydrolysis) is 1. The number of hydrogen-bond donors (Lipinski definition) is 3. The monoisotopic (exact) mass is 323 g/mol. The average molecular weight is 323 g/mol. The van der Waals surface area contributed by atoms with Crippen molar-refractivity contribution in [3.63, 3.8) is 0 Å². The maximum atomic E-state index is 11.9. The van der Waals surface area contributed by atoms with Crippen LogP contribution in [0.4, 0.5) is 4.79 Å². The third-order valence-electron chi connectivity index (χ3n) is 3.35. The van der Waals surface area contributed by atoms with Gasteiger partial charge in [0, 0.05) is 17.9 Å². The molecular weight excluding hydrogens is 297 g/mol. The van der Waals surface area contributed by atoms with Gasteiger partial charge in [-0.15, -0.1) is 0 Å². The molecule has 1 aromatic rings. The number of carbonyl (C=O) groups excluding carboxylic acids is 1. The Balaban J connectivity index is 0.00000127. The topological polar surface area (TPSA) is 105 Å². The van der Waals surface area contributed by atoms with Crippen LogP contribution in [0.25, 0.3) is 0 Å². The molecule has 7 nitrogen and oxygen atoms in total. The lowest BCUT2D eigenvalue weighted by Crippen LogP contribution is -2.53. The lowest BCUT2D eigenvalue weighted by atomic mass is 9.75. The molecule has 1 aromatic heterocycles. The van der Waals surface area contributed by atoms with E-state index in [2.05, 4.69) is 15.3 Å². The zero-order valence-electron chi connectivity index (χ0n) is 14.5. The Morgan fingerprint density at radius 1 is 1.26 bits per heavy atom. The lowest BCUT2D eigenvalue weighted by molar-refractivity contribution is 0.0365. The van der Waals surface area contributed by atoms with Crippen molar-refractivity contribution in [3.8, 4) is 0 Å². The Hall–Kier alpha value is -1.67. The van der Waals surface area contributed by atoms with Crippen molar-refractivity contribution in [1.82, 2.24) is 15.3 Å². The number of nitrogens with one attached hydrogen (secondary N) is 1. The molecule has 0 unspecified atom stereocenters. The average Bonchev–Trinajstić information content (AvgIpc) is 2.43. The quantitative estimate of drug-likeness (QED) is 0.719. The molecule has 2 rings (SSSR count). The Bertz CT molecular complexity index is 510. The summed E-state index contributed by atoms with van der Waals surface area (Å²) in [6.07, 6.45) is 4.62. The van der Waals surface area contributed by atoms with Crippen LogP contribution in [0.15, 0.2) is 12.4 Å². The molecule has 0 aromatic carbocycles. The van der Waals surface area contributed by atoms with E-state index < -0.39 is 24.4 Å². The molecule has 128 valence electrons. The minimum absolute atomic E-state index is 0.213. The Labute approximate surface area is 137 Å². The maximum absolute atomic E-state index is 11.9. The third kappa shape index (κ3) is 5.18. The minimum Gasteiger partial charge on any atom is -0.444 e. The number of rotatable bonds is 3. The van der Waals surface area contributed by atoms with Gasteiger partial charge in [-0.2, -0.15) is 0 Å². The number of amides is 1. The van der Waals surface area contributed by atoms with E-state index in [-0.39, 0.29) is 5.46 Å². The predicted octanol–water partition coefficient (Wildman–Crippen LogP) is 1.09. The fraction of sp³-hybridized carbons (Fsp3) is 0.667.